The van der Waals surface area contributed by atoms with Gasteiger partial charge in [0.05, 0.1) is 11.9 Å². The van der Waals surface area contributed by atoms with E-state index in [0.717, 1.165) is 22.5 Å². The topological polar surface area (TPSA) is 75.4 Å². The van der Waals surface area contributed by atoms with E-state index in [0.29, 0.717) is 18.5 Å². The highest BCUT2D eigenvalue weighted by Gasteiger charge is 2.09. The smallest absolute Gasteiger partial charge is 0.314 e. The number of likely N-dealkylation sites (N-methyl/N-ethyl adjacent to an activating group) is 1. The summed E-state index contributed by atoms with van der Waals surface area (Å²) < 4.78 is 3.15. The number of imidazole rings is 1. The average molecular weight is 313 g/mol. The van der Waals surface area contributed by atoms with Gasteiger partial charge >= 0.3 is 5.69 Å². The molecule has 0 saturated carbocycles. The molecule has 0 atom stereocenters. The molecule has 3 heterocycles. The number of H-pyrrole nitrogens is 1. The molecule has 0 aliphatic heterocycles. The van der Waals surface area contributed by atoms with Crippen LogP contribution in [0.25, 0.3) is 5.65 Å². The van der Waals surface area contributed by atoms with Crippen LogP contribution in [0.1, 0.15) is 11.3 Å². The van der Waals surface area contributed by atoms with E-state index in [1.54, 1.807) is 0 Å². The van der Waals surface area contributed by atoms with E-state index in [9.17, 15) is 9.59 Å². The van der Waals surface area contributed by atoms with Gasteiger partial charge < -0.3 is 14.3 Å². The van der Waals surface area contributed by atoms with Crippen molar-refractivity contribution in [2.45, 2.75) is 13.0 Å². The normalized spacial score (nSPS) is 11.4. The molecular weight excluding hydrogens is 294 g/mol. The molecule has 0 aliphatic carbocycles. The van der Waals surface area contributed by atoms with Crippen molar-refractivity contribution in [3.8, 4) is 0 Å². The van der Waals surface area contributed by atoms with Gasteiger partial charge in [-0.2, -0.15) is 0 Å². The summed E-state index contributed by atoms with van der Waals surface area (Å²) in [7, 11) is 3.48. The Hall–Kier alpha value is -2.67. The number of pyridine rings is 1. The summed E-state index contributed by atoms with van der Waals surface area (Å²) in [5, 5.41) is 0. The number of nitrogens with one attached hydrogen (secondary N) is 1. The van der Waals surface area contributed by atoms with E-state index in [1.165, 1.54) is 13.2 Å². The first-order valence-electron chi connectivity index (χ1n) is 7.43. The molecule has 0 saturated heterocycles. The fraction of sp³-hybridized carbons (Fsp3) is 0.312. The van der Waals surface area contributed by atoms with Gasteiger partial charge in [-0.15, -0.1) is 0 Å². The van der Waals surface area contributed by atoms with Crippen LogP contribution in [0.3, 0.4) is 0 Å². The third kappa shape index (κ3) is 3.09. The van der Waals surface area contributed by atoms with Gasteiger partial charge in [-0.3, -0.25) is 9.36 Å². The fourth-order valence-corrected chi connectivity index (χ4v) is 2.56. The number of nitrogens with zero attached hydrogens (tertiary/aromatic N) is 4. The predicted octanol–water partition coefficient (Wildman–Crippen LogP) is 0.396. The average Bonchev–Trinajstić information content (AvgIpc) is 2.95. The van der Waals surface area contributed by atoms with E-state index in [-0.39, 0.29) is 5.56 Å². The maximum Gasteiger partial charge on any atom is 0.328 e. The van der Waals surface area contributed by atoms with Crippen molar-refractivity contribution < 1.29 is 0 Å². The van der Waals surface area contributed by atoms with Gasteiger partial charge in [-0.1, -0.05) is 6.07 Å². The maximum atomic E-state index is 12.0. The van der Waals surface area contributed by atoms with Gasteiger partial charge in [-0.05, 0) is 25.6 Å². The van der Waals surface area contributed by atoms with Gasteiger partial charge in [0.25, 0.3) is 5.56 Å². The highest BCUT2D eigenvalue weighted by Crippen LogP contribution is 2.08. The summed E-state index contributed by atoms with van der Waals surface area (Å²) in [5.74, 6) is 0. The van der Waals surface area contributed by atoms with Crippen LogP contribution in [-0.2, 0) is 20.0 Å². The summed E-state index contributed by atoms with van der Waals surface area (Å²) in [6.07, 6.45) is 5.94. The van der Waals surface area contributed by atoms with Gasteiger partial charge in [-0.25, -0.2) is 9.78 Å². The molecule has 3 aromatic heterocycles. The first kappa shape index (κ1) is 15.2. The van der Waals surface area contributed by atoms with Gasteiger partial charge in [0.15, 0.2) is 0 Å². The Kier molecular flexibility index (Phi) is 4.12. The van der Waals surface area contributed by atoms with Crippen molar-refractivity contribution in [1.29, 1.82) is 0 Å². The Morgan fingerprint density at radius 2 is 2.13 bits per heavy atom. The minimum atomic E-state index is -0.391. The zero-order valence-electron chi connectivity index (χ0n) is 13.2. The third-order valence-electron chi connectivity index (χ3n) is 3.94. The number of aromatic nitrogens is 4. The van der Waals surface area contributed by atoms with E-state index in [2.05, 4.69) is 19.3 Å². The molecule has 0 amide bonds. The predicted molar refractivity (Wildman–Crippen MR) is 87.5 cm³/mol. The lowest BCUT2D eigenvalue weighted by atomic mass is 10.2. The van der Waals surface area contributed by atoms with Gasteiger partial charge in [0.2, 0.25) is 0 Å². The molecule has 3 rings (SSSR count). The lowest BCUT2D eigenvalue weighted by Gasteiger charge is -2.16. The van der Waals surface area contributed by atoms with Crippen LogP contribution in [0.2, 0.25) is 0 Å². The molecule has 7 nitrogen and oxygen atoms in total. The van der Waals surface area contributed by atoms with E-state index in [4.69, 9.17) is 0 Å². The Morgan fingerprint density at radius 3 is 2.96 bits per heavy atom. The fourth-order valence-electron chi connectivity index (χ4n) is 2.56. The monoisotopic (exact) mass is 313 g/mol. The molecule has 0 aromatic carbocycles. The Bertz CT molecular complexity index is 937. The largest absolute Gasteiger partial charge is 0.328 e. The molecule has 0 spiro atoms. The third-order valence-corrected chi connectivity index (χ3v) is 3.94. The summed E-state index contributed by atoms with van der Waals surface area (Å²) in [6, 6.07) is 5.90. The van der Waals surface area contributed by atoms with Crippen molar-refractivity contribution in [2.24, 2.45) is 7.05 Å². The van der Waals surface area contributed by atoms with E-state index >= 15 is 0 Å². The van der Waals surface area contributed by atoms with Crippen LogP contribution < -0.4 is 11.2 Å². The molecule has 0 bridgehead atoms. The van der Waals surface area contributed by atoms with E-state index < -0.39 is 5.69 Å². The standard InChI is InChI=1S/C16H19N5O2/c1-19(8-6-12-9-18-16(23)20(2)15(12)22)11-13-10-17-14-5-3-4-7-21(13)14/h3-5,7,9-10H,6,8,11H2,1-2H3,(H,18,23). The minimum Gasteiger partial charge on any atom is -0.314 e. The molecule has 7 heteroatoms. The van der Waals surface area contributed by atoms with Crippen LogP contribution in [0.5, 0.6) is 0 Å². The van der Waals surface area contributed by atoms with Gasteiger partial charge in [0.1, 0.15) is 5.65 Å². The van der Waals surface area contributed by atoms with Crippen molar-refractivity contribution in [3.05, 3.63) is 68.9 Å². The maximum absolute atomic E-state index is 12.0. The molecule has 0 fully saturated rings. The second kappa shape index (κ2) is 6.21. The zero-order chi connectivity index (χ0) is 16.4. The lowest BCUT2D eigenvalue weighted by Crippen LogP contribution is -2.35. The minimum absolute atomic E-state index is 0.239. The second-order valence-electron chi connectivity index (χ2n) is 5.65. The molecule has 1 N–H and O–H groups in total. The van der Waals surface area contributed by atoms with Crippen molar-refractivity contribution >= 4 is 5.65 Å². The number of hydrogen-bond acceptors (Lipinski definition) is 4. The SMILES string of the molecule is CN(CCc1c[nH]c(=O)n(C)c1=O)Cc1cnc2ccccn12. The summed E-state index contributed by atoms with van der Waals surface area (Å²) in [4.78, 5) is 32.4. The summed E-state index contributed by atoms with van der Waals surface area (Å²) in [5.41, 5.74) is 2.00. The first-order chi connectivity index (χ1) is 11.1. The molecule has 0 aliphatic rings. The highest BCUT2D eigenvalue weighted by atomic mass is 16.2. The number of rotatable bonds is 5. The van der Waals surface area contributed by atoms with Crippen LogP contribution in [0.4, 0.5) is 0 Å². The quantitative estimate of drug-likeness (QED) is 0.740. The zero-order valence-corrected chi connectivity index (χ0v) is 13.2. The Balaban J connectivity index is 1.68. The highest BCUT2D eigenvalue weighted by molar-refractivity contribution is 5.39. The van der Waals surface area contributed by atoms with E-state index in [1.807, 2.05) is 37.6 Å². The van der Waals surface area contributed by atoms with Crippen LogP contribution in [0.15, 0.2) is 46.4 Å². The van der Waals surface area contributed by atoms with Crippen LogP contribution in [-0.4, -0.2) is 37.4 Å². The summed E-state index contributed by atoms with van der Waals surface area (Å²) >= 11 is 0. The number of aromatic amines is 1. The Labute approximate surface area is 132 Å². The molecule has 23 heavy (non-hydrogen) atoms. The number of fused-ring (bicyclic) bond motifs is 1. The van der Waals surface area contributed by atoms with Crippen molar-refractivity contribution in [3.63, 3.8) is 0 Å². The van der Waals surface area contributed by atoms with Crippen molar-refractivity contribution in [1.82, 2.24) is 23.8 Å². The second-order valence-corrected chi connectivity index (χ2v) is 5.65. The molecule has 3 aromatic rings. The molecule has 120 valence electrons. The summed E-state index contributed by atoms with van der Waals surface area (Å²) in [6.45, 7) is 1.44. The van der Waals surface area contributed by atoms with Crippen molar-refractivity contribution in [2.75, 3.05) is 13.6 Å². The molecule has 0 unspecified atom stereocenters. The van der Waals surface area contributed by atoms with Gasteiger partial charge in [0, 0.05) is 38.1 Å². The lowest BCUT2D eigenvalue weighted by molar-refractivity contribution is 0.325. The Morgan fingerprint density at radius 1 is 1.30 bits per heavy atom. The molecular formula is C16H19N5O2. The van der Waals surface area contributed by atoms with Crippen LogP contribution >= 0.6 is 0 Å². The number of hydrogen-bond donors (Lipinski definition) is 1. The molecule has 0 radical (unpaired) electrons. The first-order valence-corrected chi connectivity index (χ1v) is 7.43. The van der Waals surface area contributed by atoms with Crippen LogP contribution in [0, 0.1) is 0 Å².